The maximum absolute atomic E-state index is 11.6. The van der Waals surface area contributed by atoms with Gasteiger partial charge in [0.05, 0.1) is 18.7 Å². The molecule has 0 fully saturated rings. The van der Waals surface area contributed by atoms with Crippen molar-refractivity contribution in [3.63, 3.8) is 0 Å². The second-order valence-electron chi connectivity index (χ2n) is 5.42. The van der Waals surface area contributed by atoms with Crippen LogP contribution in [-0.4, -0.2) is 12.6 Å². The first-order chi connectivity index (χ1) is 12.2. The highest BCUT2D eigenvalue weighted by molar-refractivity contribution is 6.30. The van der Waals surface area contributed by atoms with Gasteiger partial charge in [0.2, 0.25) is 0 Å². The number of hydrogen-bond donors (Lipinski definition) is 1. The molecule has 5 heteroatoms. The van der Waals surface area contributed by atoms with Crippen LogP contribution in [0.5, 0.6) is 0 Å². The second-order valence-corrected chi connectivity index (χ2v) is 5.86. The molecule has 0 radical (unpaired) electrons. The first-order valence-electron chi connectivity index (χ1n) is 8.01. The minimum absolute atomic E-state index is 0.312. The van der Waals surface area contributed by atoms with Gasteiger partial charge in [-0.15, -0.1) is 0 Å². The van der Waals surface area contributed by atoms with Crippen LogP contribution in [-0.2, 0) is 11.3 Å². The Morgan fingerprint density at radius 3 is 2.44 bits per heavy atom. The Morgan fingerprint density at radius 2 is 1.76 bits per heavy atom. The lowest BCUT2D eigenvalue weighted by molar-refractivity contribution is 0.0526. The molecule has 3 rings (SSSR count). The molecule has 128 valence electrons. The van der Waals surface area contributed by atoms with E-state index in [9.17, 15) is 4.79 Å². The lowest BCUT2D eigenvalue weighted by Gasteiger charge is -2.06. The Bertz CT molecular complexity index is 838. The van der Waals surface area contributed by atoms with E-state index >= 15 is 0 Å². The summed E-state index contributed by atoms with van der Waals surface area (Å²) in [4.78, 5) is 11.6. The van der Waals surface area contributed by atoms with Crippen molar-refractivity contribution in [1.82, 2.24) is 0 Å². The summed E-state index contributed by atoms with van der Waals surface area (Å²) in [6.45, 7) is 2.70. The fourth-order valence-corrected chi connectivity index (χ4v) is 2.50. The Balaban J connectivity index is 1.60. The number of esters is 1. The molecule has 1 heterocycles. The SMILES string of the molecule is CCOC(=O)c1ccc(NCc2ccc(-c3ccc(Cl)cc3)o2)cc1. The summed E-state index contributed by atoms with van der Waals surface area (Å²) in [5.74, 6) is 1.30. The molecule has 1 aromatic heterocycles. The lowest BCUT2D eigenvalue weighted by atomic mass is 10.2. The van der Waals surface area contributed by atoms with E-state index in [1.54, 1.807) is 19.1 Å². The number of carbonyl (C=O) groups excluding carboxylic acids is 1. The summed E-state index contributed by atoms with van der Waals surface area (Å²) in [6, 6.07) is 18.5. The normalized spacial score (nSPS) is 10.5. The Hall–Kier alpha value is -2.72. The van der Waals surface area contributed by atoms with Crippen LogP contribution in [0.2, 0.25) is 5.02 Å². The molecule has 0 aliphatic rings. The predicted molar refractivity (Wildman–Crippen MR) is 98.9 cm³/mol. The number of rotatable bonds is 6. The number of hydrogen-bond acceptors (Lipinski definition) is 4. The molecule has 0 amide bonds. The molecule has 4 nitrogen and oxygen atoms in total. The lowest BCUT2D eigenvalue weighted by Crippen LogP contribution is -2.05. The van der Waals surface area contributed by atoms with E-state index in [4.69, 9.17) is 20.8 Å². The predicted octanol–water partition coefficient (Wildman–Crippen LogP) is 5.39. The van der Waals surface area contributed by atoms with Crippen molar-refractivity contribution >= 4 is 23.3 Å². The Labute approximate surface area is 151 Å². The molecule has 0 aliphatic carbocycles. The first-order valence-corrected chi connectivity index (χ1v) is 8.39. The number of ether oxygens (including phenoxy) is 1. The number of benzene rings is 2. The van der Waals surface area contributed by atoms with E-state index in [1.165, 1.54) is 0 Å². The van der Waals surface area contributed by atoms with Gasteiger partial charge in [0.1, 0.15) is 11.5 Å². The van der Waals surface area contributed by atoms with Gasteiger partial charge >= 0.3 is 5.97 Å². The molecule has 0 saturated heterocycles. The van der Waals surface area contributed by atoms with Crippen LogP contribution in [0.1, 0.15) is 23.0 Å². The first kappa shape index (κ1) is 17.1. The van der Waals surface area contributed by atoms with Crippen molar-refractivity contribution in [1.29, 1.82) is 0 Å². The third-order valence-corrected chi connectivity index (χ3v) is 3.91. The smallest absolute Gasteiger partial charge is 0.338 e. The third kappa shape index (κ3) is 4.43. The van der Waals surface area contributed by atoms with Gasteiger partial charge in [-0.1, -0.05) is 11.6 Å². The molecule has 0 saturated carbocycles. The molecule has 1 N–H and O–H groups in total. The van der Waals surface area contributed by atoms with Gasteiger partial charge in [-0.25, -0.2) is 4.79 Å². The quantitative estimate of drug-likeness (QED) is 0.602. The van der Waals surface area contributed by atoms with Gasteiger partial charge in [-0.05, 0) is 67.6 Å². The van der Waals surface area contributed by atoms with Gasteiger partial charge in [0, 0.05) is 16.3 Å². The van der Waals surface area contributed by atoms with Crippen LogP contribution in [0.15, 0.2) is 65.1 Å². The van der Waals surface area contributed by atoms with Gasteiger partial charge in [-0.2, -0.15) is 0 Å². The number of nitrogens with one attached hydrogen (secondary N) is 1. The fourth-order valence-electron chi connectivity index (χ4n) is 2.37. The summed E-state index contributed by atoms with van der Waals surface area (Å²) in [7, 11) is 0. The number of furan rings is 1. The van der Waals surface area contributed by atoms with Gasteiger partial charge in [-0.3, -0.25) is 0 Å². The molecule has 0 unspecified atom stereocenters. The summed E-state index contributed by atoms with van der Waals surface area (Å²) in [5.41, 5.74) is 2.42. The molecular formula is C20H18ClNO3. The summed E-state index contributed by atoms with van der Waals surface area (Å²) < 4.78 is 10.8. The summed E-state index contributed by atoms with van der Waals surface area (Å²) in [5, 5.41) is 3.96. The highest BCUT2D eigenvalue weighted by atomic mass is 35.5. The minimum atomic E-state index is -0.312. The van der Waals surface area contributed by atoms with Crippen molar-refractivity contribution < 1.29 is 13.9 Å². The van der Waals surface area contributed by atoms with Crippen LogP contribution in [0.3, 0.4) is 0 Å². The van der Waals surface area contributed by atoms with E-state index in [1.807, 2.05) is 48.5 Å². The largest absolute Gasteiger partial charge is 0.462 e. The standard InChI is InChI=1S/C20H18ClNO3/c1-2-24-20(23)15-5-9-17(10-6-15)22-13-18-11-12-19(25-18)14-3-7-16(21)8-4-14/h3-12,22H,2,13H2,1H3. The fraction of sp³-hybridized carbons (Fsp3) is 0.150. The summed E-state index contributed by atoms with van der Waals surface area (Å²) >= 11 is 5.90. The van der Waals surface area contributed by atoms with Gasteiger partial charge in [0.15, 0.2) is 0 Å². The van der Waals surface area contributed by atoms with E-state index in [-0.39, 0.29) is 5.97 Å². The van der Waals surface area contributed by atoms with Crippen molar-refractivity contribution in [3.05, 3.63) is 77.0 Å². The van der Waals surface area contributed by atoms with Crippen molar-refractivity contribution in [2.24, 2.45) is 0 Å². The minimum Gasteiger partial charge on any atom is -0.462 e. The molecule has 3 aromatic rings. The number of halogens is 1. The van der Waals surface area contributed by atoms with E-state index in [0.29, 0.717) is 23.7 Å². The van der Waals surface area contributed by atoms with Crippen LogP contribution >= 0.6 is 11.6 Å². The third-order valence-electron chi connectivity index (χ3n) is 3.65. The highest BCUT2D eigenvalue weighted by Gasteiger charge is 2.07. The zero-order chi connectivity index (χ0) is 17.6. The maximum Gasteiger partial charge on any atom is 0.338 e. The van der Waals surface area contributed by atoms with Crippen LogP contribution in [0.25, 0.3) is 11.3 Å². The molecule has 0 spiro atoms. The molecule has 0 bridgehead atoms. The van der Waals surface area contributed by atoms with Gasteiger partial charge in [0.25, 0.3) is 0 Å². The average Bonchev–Trinajstić information content (AvgIpc) is 3.10. The van der Waals surface area contributed by atoms with Crippen molar-refractivity contribution in [2.75, 3.05) is 11.9 Å². The second kappa shape index (κ2) is 7.90. The Morgan fingerprint density at radius 1 is 1.04 bits per heavy atom. The van der Waals surface area contributed by atoms with E-state index < -0.39 is 0 Å². The molecular weight excluding hydrogens is 338 g/mol. The zero-order valence-electron chi connectivity index (χ0n) is 13.8. The number of carbonyl (C=O) groups is 1. The van der Waals surface area contributed by atoms with Crippen molar-refractivity contribution in [2.45, 2.75) is 13.5 Å². The van der Waals surface area contributed by atoms with Crippen LogP contribution < -0.4 is 5.32 Å². The Kier molecular flexibility index (Phi) is 5.41. The monoisotopic (exact) mass is 355 g/mol. The molecule has 25 heavy (non-hydrogen) atoms. The number of anilines is 1. The molecule has 0 atom stereocenters. The highest BCUT2D eigenvalue weighted by Crippen LogP contribution is 2.24. The molecule has 0 aliphatic heterocycles. The van der Waals surface area contributed by atoms with Crippen molar-refractivity contribution in [3.8, 4) is 11.3 Å². The van der Waals surface area contributed by atoms with Gasteiger partial charge < -0.3 is 14.5 Å². The van der Waals surface area contributed by atoms with Crippen LogP contribution in [0, 0.1) is 0 Å². The topological polar surface area (TPSA) is 51.5 Å². The average molecular weight is 356 g/mol. The van der Waals surface area contributed by atoms with E-state index in [2.05, 4.69) is 5.32 Å². The summed E-state index contributed by atoms with van der Waals surface area (Å²) in [6.07, 6.45) is 0. The maximum atomic E-state index is 11.6. The molecule has 2 aromatic carbocycles. The van der Waals surface area contributed by atoms with Crippen LogP contribution in [0.4, 0.5) is 5.69 Å². The van der Waals surface area contributed by atoms with E-state index in [0.717, 1.165) is 22.8 Å². The zero-order valence-corrected chi connectivity index (χ0v) is 14.5.